The van der Waals surface area contributed by atoms with Gasteiger partial charge in [0.15, 0.2) is 4.96 Å². The zero-order valence-corrected chi connectivity index (χ0v) is 8.07. The molecule has 0 aromatic carbocycles. The number of imidazole rings is 1. The molecule has 5 heteroatoms. The van der Waals surface area contributed by atoms with Crippen LogP contribution in [0.4, 0.5) is 0 Å². The van der Waals surface area contributed by atoms with Gasteiger partial charge in [0.2, 0.25) is 0 Å². The van der Waals surface area contributed by atoms with Crippen molar-refractivity contribution in [3.05, 3.63) is 23.5 Å². The van der Waals surface area contributed by atoms with Gasteiger partial charge in [-0.05, 0) is 6.42 Å². The summed E-state index contributed by atoms with van der Waals surface area (Å²) in [6.45, 7) is 0. The van der Waals surface area contributed by atoms with E-state index in [0.29, 0.717) is 0 Å². The summed E-state index contributed by atoms with van der Waals surface area (Å²) in [5.74, 6) is -0.730. The molecule has 1 aliphatic rings. The minimum atomic E-state index is -0.694. The maximum atomic E-state index is 10.7. The van der Waals surface area contributed by atoms with Gasteiger partial charge in [-0.25, -0.2) is 4.98 Å². The summed E-state index contributed by atoms with van der Waals surface area (Å²) in [4.78, 5) is 15.9. The molecule has 0 amide bonds. The van der Waals surface area contributed by atoms with Crippen LogP contribution < -0.4 is 0 Å². The third-order valence-electron chi connectivity index (χ3n) is 2.66. The van der Waals surface area contributed by atoms with E-state index < -0.39 is 5.97 Å². The molecule has 2 atom stereocenters. The fourth-order valence-electron chi connectivity index (χ4n) is 1.81. The minimum absolute atomic E-state index is 0.164. The number of fused-ring (bicyclic) bond motifs is 1. The van der Waals surface area contributed by atoms with Crippen LogP contribution in [0.2, 0.25) is 0 Å². The Kier molecular flexibility index (Phi) is 1.47. The van der Waals surface area contributed by atoms with Gasteiger partial charge >= 0.3 is 5.97 Å². The molecule has 0 bridgehead atoms. The Morgan fingerprint density at radius 2 is 2.57 bits per heavy atom. The van der Waals surface area contributed by atoms with E-state index in [2.05, 4.69) is 4.98 Å². The van der Waals surface area contributed by atoms with E-state index in [-0.39, 0.29) is 11.8 Å². The van der Waals surface area contributed by atoms with Crippen molar-refractivity contribution in [3.63, 3.8) is 0 Å². The van der Waals surface area contributed by atoms with E-state index in [0.717, 1.165) is 17.1 Å². The van der Waals surface area contributed by atoms with Crippen LogP contribution >= 0.6 is 11.3 Å². The number of carboxylic acid groups (broad SMARTS) is 1. The smallest absolute Gasteiger partial charge is 0.307 e. The van der Waals surface area contributed by atoms with Crippen LogP contribution in [0.3, 0.4) is 0 Å². The predicted molar refractivity (Wildman–Crippen MR) is 51.6 cm³/mol. The summed E-state index contributed by atoms with van der Waals surface area (Å²) in [7, 11) is 0. The highest BCUT2D eigenvalue weighted by Crippen LogP contribution is 2.47. The number of hydrogen-bond acceptors (Lipinski definition) is 3. The molecular formula is C9H8N2O2S. The molecule has 4 nitrogen and oxygen atoms in total. The number of rotatable bonds is 2. The van der Waals surface area contributed by atoms with Crippen LogP contribution in [0.1, 0.15) is 18.0 Å². The van der Waals surface area contributed by atoms with Gasteiger partial charge in [0.05, 0.1) is 12.1 Å². The topological polar surface area (TPSA) is 54.6 Å². The Labute approximate surface area is 83.8 Å². The van der Waals surface area contributed by atoms with Gasteiger partial charge in [0, 0.05) is 23.2 Å². The molecule has 1 saturated carbocycles. The zero-order chi connectivity index (χ0) is 9.71. The monoisotopic (exact) mass is 208 g/mol. The number of hydrogen-bond donors (Lipinski definition) is 1. The molecule has 0 radical (unpaired) electrons. The lowest BCUT2D eigenvalue weighted by Gasteiger charge is -1.94. The van der Waals surface area contributed by atoms with Gasteiger partial charge < -0.3 is 5.11 Å². The summed E-state index contributed by atoms with van der Waals surface area (Å²) in [5.41, 5.74) is 1.04. The van der Waals surface area contributed by atoms with Crippen molar-refractivity contribution in [1.82, 2.24) is 9.38 Å². The molecular weight excluding hydrogens is 200 g/mol. The normalized spacial score (nSPS) is 25.4. The largest absolute Gasteiger partial charge is 0.481 e. The van der Waals surface area contributed by atoms with Crippen LogP contribution in [-0.4, -0.2) is 20.5 Å². The first-order chi connectivity index (χ1) is 6.77. The van der Waals surface area contributed by atoms with Crippen molar-refractivity contribution in [2.45, 2.75) is 12.3 Å². The summed E-state index contributed by atoms with van der Waals surface area (Å²) in [5, 5.41) is 10.8. The van der Waals surface area contributed by atoms with Crippen LogP contribution in [0.25, 0.3) is 4.96 Å². The summed E-state index contributed by atoms with van der Waals surface area (Å²) in [6.07, 6.45) is 4.48. The molecule has 2 heterocycles. The second kappa shape index (κ2) is 2.57. The van der Waals surface area contributed by atoms with Gasteiger partial charge in [-0.3, -0.25) is 9.20 Å². The predicted octanol–water partition coefficient (Wildman–Crippen LogP) is 1.58. The molecule has 14 heavy (non-hydrogen) atoms. The Morgan fingerprint density at radius 3 is 3.29 bits per heavy atom. The lowest BCUT2D eigenvalue weighted by atomic mass is 10.2. The van der Waals surface area contributed by atoms with Crippen molar-refractivity contribution < 1.29 is 9.90 Å². The molecule has 72 valence electrons. The number of nitrogens with zero attached hydrogens (tertiary/aromatic N) is 2. The van der Waals surface area contributed by atoms with Crippen molar-refractivity contribution in [2.75, 3.05) is 0 Å². The zero-order valence-electron chi connectivity index (χ0n) is 7.25. The second-order valence-electron chi connectivity index (χ2n) is 3.53. The maximum Gasteiger partial charge on any atom is 0.307 e. The lowest BCUT2D eigenvalue weighted by molar-refractivity contribution is -0.138. The van der Waals surface area contributed by atoms with Crippen molar-refractivity contribution in [2.24, 2.45) is 5.92 Å². The first-order valence-corrected chi connectivity index (χ1v) is 5.28. The van der Waals surface area contributed by atoms with Crippen LogP contribution in [0, 0.1) is 5.92 Å². The number of carbonyl (C=O) groups is 1. The van der Waals surface area contributed by atoms with Gasteiger partial charge in [-0.1, -0.05) is 0 Å². The molecule has 1 N–H and O–H groups in total. The molecule has 1 aliphatic carbocycles. The highest BCUT2D eigenvalue weighted by atomic mass is 32.1. The van der Waals surface area contributed by atoms with Crippen molar-refractivity contribution >= 4 is 22.3 Å². The Hall–Kier alpha value is -1.36. The van der Waals surface area contributed by atoms with Gasteiger partial charge in [-0.2, -0.15) is 0 Å². The van der Waals surface area contributed by atoms with Crippen molar-refractivity contribution in [1.29, 1.82) is 0 Å². The SMILES string of the molecule is O=C(O)C1CC1c1cnc2sccn12. The van der Waals surface area contributed by atoms with Crippen LogP contribution in [-0.2, 0) is 4.79 Å². The van der Waals surface area contributed by atoms with Gasteiger partial charge in [0.25, 0.3) is 0 Å². The summed E-state index contributed by atoms with van der Waals surface area (Å²) in [6, 6.07) is 0. The van der Waals surface area contributed by atoms with E-state index in [1.165, 1.54) is 0 Å². The highest BCUT2D eigenvalue weighted by molar-refractivity contribution is 7.15. The first-order valence-electron chi connectivity index (χ1n) is 4.40. The summed E-state index contributed by atoms with van der Waals surface area (Å²) < 4.78 is 1.98. The molecule has 2 aromatic heterocycles. The van der Waals surface area contributed by atoms with E-state index in [1.807, 2.05) is 16.0 Å². The fourth-order valence-corrected chi connectivity index (χ4v) is 2.51. The standard InChI is InChI=1S/C9H8N2O2S/c12-8(13)6-3-5(6)7-4-10-9-11(7)1-2-14-9/h1-2,4-6H,3H2,(H,12,13). The molecule has 2 unspecified atom stereocenters. The average molecular weight is 208 g/mol. The van der Waals surface area contributed by atoms with Crippen LogP contribution in [0.5, 0.6) is 0 Å². The Morgan fingerprint density at radius 1 is 1.71 bits per heavy atom. The van der Waals surface area contributed by atoms with Crippen molar-refractivity contribution in [3.8, 4) is 0 Å². The number of carboxylic acids is 1. The number of aliphatic carboxylic acids is 1. The fraction of sp³-hybridized carbons (Fsp3) is 0.333. The van der Waals surface area contributed by atoms with E-state index >= 15 is 0 Å². The molecule has 0 spiro atoms. The van der Waals surface area contributed by atoms with Crippen LogP contribution in [0.15, 0.2) is 17.8 Å². The maximum absolute atomic E-state index is 10.7. The second-order valence-corrected chi connectivity index (χ2v) is 4.40. The molecule has 0 aliphatic heterocycles. The minimum Gasteiger partial charge on any atom is -0.481 e. The molecule has 2 aromatic rings. The number of thiazole rings is 1. The highest BCUT2D eigenvalue weighted by Gasteiger charge is 2.45. The first kappa shape index (κ1) is 7.99. The van der Waals surface area contributed by atoms with Gasteiger partial charge in [0.1, 0.15) is 0 Å². The molecule has 1 fully saturated rings. The van der Waals surface area contributed by atoms with E-state index in [4.69, 9.17) is 5.11 Å². The molecule has 0 saturated heterocycles. The Bertz CT molecular complexity index is 502. The average Bonchev–Trinajstić information content (AvgIpc) is 2.65. The van der Waals surface area contributed by atoms with E-state index in [1.54, 1.807) is 17.5 Å². The number of aromatic nitrogens is 2. The Balaban J connectivity index is 2.00. The lowest BCUT2D eigenvalue weighted by Crippen LogP contribution is -1.99. The molecule has 3 rings (SSSR count). The summed E-state index contributed by atoms with van der Waals surface area (Å²) >= 11 is 1.57. The third kappa shape index (κ3) is 0.988. The van der Waals surface area contributed by atoms with Gasteiger partial charge in [-0.15, -0.1) is 11.3 Å². The van der Waals surface area contributed by atoms with E-state index in [9.17, 15) is 4.79 Å². The third-order valence-corrected chi connectivity index (χ3v) is 3.43. The quantitative estimate of drug-likeness (QED) is 0.815.